The molecule has 1 atom stereocenters. The summed E-state index contributed by atoms with van der Waals surface area (Å²) < 4.78 is 10.2. The summed E-state index contributed by atoms with van der Waals surface area (Å²) in [6.45, 7) is 11.7. The fourth-order valence-corrected chi connectivity index (χ4v) is 1.84. The monoisotopic (exact) mass is 266 g/mol. The van der Waals surface area contributed by atoms with Crippen LogP contribution in [-0.2, 0) is 15.6 Å². The average molecular weight is 266 g/mol. The minimum absolute atomic E-state index is 0.0654. The number of benzene rings is 1. The number of ether oxygens (including phenoxy) is 2. The minimum Gasteiger partial charge on any atom is -0.441 e. The van der Waals surface area contributed by atoms with Crippen LogP contribution in [0.25, 0.3) is 0 Å². The topological polar surface area (TPSA) is 38.7 Å². The molecule has 0 spiro atoms. The lowest BCUT2D eigenvalue weighted by molar-refractivity contribution is -0.200. The summed E-state index contributed by atoms with van der Waals surface area (Å²) in [6.07, 6.45) is 0. The Labute approximate surface area is 116 Å². The Balaban J connectivity index is 3.26. The molecule has 0 heterocycles. The van der Waals surface area contributed by atoms with Crippen molar-refractivity contribution in [3.63, 3.8) is 0 Å². The van der Waals surface area contributed by atoms with Crippen molar-refractivity contribution >= 4 is 0 Å². The smallest absolute Gasteiger partial charge is 0.313 e. The van der Waals surface area contributed by atoms with Gasteiger partial charge in [0.1, 0.15) is 5.75 Å². The van der Waals surface area contributed by atoms with Gasteiger partial charge in [-0.05, 0) is 22.5 Å². The minimum atomic E-state index is -1.23. The van der Waals surface area contributed by atoms with E-state index < -0.39 is 6.48 Å². The maximum absolute atomic E-state index is 9.49. The van der Waals surface area contributed by atoms with E-state index in [4.69, 9.17) is 9.47 Å². The molecule has 0 saturated heterocycles. The number of hydrogen-bond donors (Lipinski definition) is 1. The molecule has 0 bridgehead atoms. The van der Waals surface area contributed by atoms with Crippen LogP contribution in [0.15, 0.2) is 18.2 Å². The summed E-state index contributed by atoms with van der Waals surface area (Å²) >= 11 is 0. The SMILES string of the molecule is COC(O)Oc1ccc(C(C)(C)C)cc1C(C)(C)C. The zero-order chi connectivity index (χ0) is 14.8. The molecule has 1 aromatic carbocycles. The second kappa shape index (κ2) is 5.51. The highest BCUT2D eigenvalue weighted by Gasteiger charge is 2.24. The van der Waals surface area contributed by atoms with Crippen LogP contribution >= 0.6 is 0 Å². The molecule has 0 aliphatic carbocycles. The third-order valence-corrected chi connectivity index (χ3v) is 3.08. The van der Waals surface area contributed by atoms with E-state index in [1.807, 2.05) is 12.1 Å². The van der Waals surface area contributed by atoms with Gasteiger partial charge in [0, 0.05) is 12.7 Å². The highest BCUT2D eigenvalue weighted by Crippen LogP contribution is 2.35. The second-order valence-corrected chi connectivity index (χ2v) is 6.87. The lowest BCUT2D eigenvalue weighted by Crippen LogP contribution is -2.22. The standard InChI is InChI=1S/C16H26O3/c1-15(2,3)11-8-9-13(19-14(17)18-7)12(10-11)16(4,5)6/h8-10,14,17H,1-7H3. The molecule has 0 aliphatic heterocycles. The van der Waals surface area contributed by atoms with Crippen LogP contribution in [0, 0.1) is 0 Å². The lowest BCUT2D eigenvalue weighted by Gasteiger charge is -2.27. The summed E-state index contributed by atoms with van der Waals surface area (Å²) in [5.41, 5.74) is 2.33. The molecule has 19 heavy (non-hydrogen) atoms. The van der Waals surface area contributed by atoms with Gasteiger partial charge in [-0.25, -0.2) is 0 Å². The van der Waals surface area contributed by atoms with Crippen LogP contribution in [0.5, 0.6) is 5.75 Å². The van der Waals surface area contributed by atoms with E-state index in [0.29, 0.717) is 5.75 Å². The molecule has 0 radical (unpaired) electrons. The largest absolute Gasteiger partial charge is 0.441 e. The molecule has 108 valence electrons. The van der Waals surface area contributed by atoms with E-state index in [-0.39, 0.29) is 10.8 Å². The molecule has 3 nitrogen and oxygen atoms in total. The van der Waals surface area contributed by atoms with Gasteiger partial charge in [-0.2, -0.15) is 0 Å². The van der Waals surface area contributed by atoms with Gasteiger partial charge >= 0.3 is 6.48 Å². The molecular weight excluding hydrogens is 240 g/mol. The van der Waals surface area contributed by atoms with E-state index >= 15 is 0 Å². The molecule has 0 aliphatic rings. The normalized spacial score (nSPS) is 14.3. The van der Waals surface area contributed by atoms with Crippen LogP contribution in [0.4, 0.5) is 0 Å². The molecule has 1 unspecified atom stereocenters. The highest BCUT2D eigenvalue weighted by molar-refractivity contribution is 5.43. The van der Waals surface area contributed by atoms with E-state index in [0.717, 1.165) is 5.56 Å². The Kier molecular flexibility index (Phi) is 4.64. The number of aliphatic hydroxyl groups is 1. The molecule has 0 fully saturated rings. The van der Waals surface area contributed by atoms with E-state index in [1.54, 1.807) is 0 Å². The Bertz CT molecular complexity index is 425. The predicted octanol–water partition coefficient (Wildman–Crippen LogP) is 3.58. The van der Waals surface area contributed by atoms with Crippen LogP contribution in [0.2, 0.25) is 0 Å². The van der Waals surface area contributed by atoms with Gasteiger partial charge in [0.25, 0.3) is 0 Å². The van der Waals surface area contributed by atoms with Crippen molar-refractivity contribution in [2.45, 2.75) is 58.8 Å². The van der Waals surface area contributed by atoms with Crippen molar-refractivity contribution in [3.05, 3.63) is 29.3 Å². The summed E-state index contributed by atoms with van der Waals surface area (Å²) in [7, 11) is 1.41. The Morgan fingerprint density at radius 1 is 1.00 bits per heavy atom. The van der Waals surface area contributed by atoms with E-state index in [9.17, 15) is 5.11 Å². The number of aliphatic hydroxyl groups excluding tert-OH is 1. The highest BCUT2D eigenvalue weighted by atomic mass is 16.8. The van der Waals surface area contributed by atoms with Crippen molar-refractivity contribution in [2.75, 3.05) is 7.11 Å². The number of rotatable bonds is 3. The molecule has 1 N–H and O–H groups in total. The van der Waals surface area contributed by atoms with Crippen LogP contribution < -0.4 is 4.74 Å². The summed E-state index contributed by atoms with van der Waals surface area (Å²) in [5.74, 6) is 0.662. The quantitative estimate of drug-likeness (QED) is 0.850. The third-order valence-electron chi connectivity index (χ3n) is 3.08. The summed E-state index contributed by atoms with van der Waals surface area (Å²) in [4.78, 5) is 0. The van der Waals surface area contributed by atoms with Gasteiger partial charge in [-0.3, -0.25) is 0 Å². The van der Waals surface area contributed by atoms with Gasteiger partial charge < -0.3 is 14.6 Å². The summed E-state index contributed by atoms with van der Waals surface area (Å²) in [6, 6.07) is 6.09. The maximum Gasteiger partial charge on any atom is 0.313 e. The van der Waals surface area contributed by atoms with Crippen LogP contribution in [0.3, 0.4) is 0 Å². The third kappa shape index (κ3) is 4.22. The van der Waals surface area contributed by atoms with Gasteiger partial charge in [-0.1, -0.05) is 53.7 Å². The fraction of sp³-hybridized carbons (Fsp3) is 0.625. The average Bonchev–Trinajstić information content (AvgIpc) is 2.26. The summed E-state index contributed by atoms with van der Waals surface area (Å²) in [5, 5.41) is 9.49. The van der Waals surface area contributed by atoms with Crippen molar-refractivity contribution in [1.82, 2.24) is 0 Å². The van der Waals surface area contributed by atoms with Gasteiger partial charge in [0.15, 0.2) is 0 Å². The molecule has 0 aromatic heterocycles. The van der Waals surface area contributed by atoms with E-state index in [2.05, 4.69) is 47.6 Å². The first-order valence-electron chi connectivity index (χ1n) is 6.58. The van der Waals surface area contributed by atoms with Crippen molar-refractivity contribution in [3.8, 4) is 5.75 Å². The first kappa shape index (κ1) is 16.0. The Morgan fingerprint density at radius 2 is 1.58 bits per heavy atom. The lowest BCUT2D eigenvalue weighted by atomic mass is 9.80. The van der Waals surface area contributed by atoms with Gasteiger partial charge in [0.2, 0.25) is 0 Å². The number of hydrogen-bond acceptors (Lipinski definition) is 3. The molecule has 1 aromatic rings. The van der Waals surface area contributed by atoms with Crippen molar-refractivity contribution in [1.29, 1.82) is 0 Å². The van der Waals surface area contributed by atoms with E-state index in [1.165, 1.54) is 12.7 Å². The second-order valence-electron chi connectivity index (χ2n) is 6.87. The van der Waals surface area contributed by atoms with Crippen LogP contribution in [0.1, 0.15) is 52.7 Å². The zero-order valence-corrected chi connectivity index (χ0v) is 13.1. The van der Waals surface area contributed by atoms with Crippen molar-refractivity contribution < 1.29 is 14.6 Å². The Morgan fingerprint density at radius 3 is 2.00 bits per heavy atom. The van der Waals surface area contributed by atoms with Gasteiger partial charge in [0.05, 0.1) is 0 Å². The molecular formula is C16H26O3. The zero-order valence-electron chi connectivity index (χ0n) is 13.1. The van der Waals surface area contributed by atoms with Gasteiger partial charge in [-0.15, -0.1) is 0 Å². The molecule has 0 saturated carbocycles. The fourth-order valence-electron chi connectivity index (χ4n) is 1.84. The van der Waals surface area contributed by atoms with Crippen LogP contribution in [-0.4, -0.2) is 18.7 Å². The Hall–Kier alpha value is -1.06. The predicted molar refractivity (Wildman–Crippen MR) is 77.5 cm³/mol. The number of methoxy groups -OCH3 is 1. The molecule has 1 rings (SSSR count). The first-order chi connectivity index (χ1) is 8.55. The first-order valence-corrected chi connectivity index (χ1v) is 6.58. The molecule has 0 amide bonds. The molecule has 3 heteroatoms. The maximum atomic E-state index is 9.49. The van der Waals surface area contributed by atoms with Crippen molar-refractivity contribution in [2.24, 2.45) is 0 Å².